The number of benzene rings is 1. The Balaban J connectivity index is 1.73. The van der Waals surface area contributed by atoms with Gasteiger partial charge in [0, 0.05) is 0 Å². The molecule has 0 bridgehead atoms. The molecule has 1 aliphatic rings. The van der Waals surface area contributed by atoms with E-state index in [0.717, 1.165) is 24.3 Å². The lowest BCUT2D eigenvalue weighted by atomic mass is 10.1. The summed E-state index contributed by atoms with van der Waals surface area (Å²) in [7, 11) is 0. The van der Waals surface area contributed by atoms with Gasteiger partial charge in [-0.25, -0.2) is 9.48 Å². The molecular weight excluding hydrogens is 348 g/mol. The second kappa shape index (κ2) is 7.77. The summed E-state index contributed by atoms with van der Waals surface area (Å²) in [4.78, 5) is 23.9. The Morgan fingerprint density at radius 3 is 2.52 bits per heavy atom. The zero-order chi connectivity index (χ0) is 19.6. The van der Waals surface area contributed by atoms with Crippen molar-refractivity contribution >= 4 is 11.9 Å². The number of nitrogens with one attached hydrogen (secondary N) is 1. The number of ether oxygens (including phenoxy) is 1. The molecule has 144 valence electrons. The second-order valence-electron chi connectivity index (χ2n) is 7.14. The number of rotatable bonds is 8. The zero-order valence-electron chi connectivity index (χ0n) is 15.7. The van der Waals surface area contributed by atoms with Crippen molar-refractivity contribution in [3.05, 3.63) is 35.7 Å². The topological polar surface area (TPSA) is 106 Å². The lowest BCUT2D eigenvalue weighted by Crippen LogP contribution is -2.41. The SMILES string of the molecule is Cc1c(C(=O)NC(CC2CC2)C(=O)O)nnn1-c1ccc(OC(C)C)cc1. The third-order valence-electron chi connectivity index (χ3n) is 4.43. The molecule has 0 radical (unpaired) electrons. The van der Waals surface area contributed by atoms with E-state index in [1.165, 1.54) is 0 Å². The third kappa shape index (κ3) is 4.64. The maximum Gasteiger partial charge on any atom is 0.326 e. The number of hydrogen-bond donors (Lipinski definition) is 2. The number of amides is 1. The molecule has 3 rings (SSSR count). The number of aromatic nitrogens is 3. The van der Waals surface area contributed by atoms with Gasteiger partial charge in [0.15, 0.2) is 5.69 Å². The van der Waals surface area contributed by atoms with Crippen LogP contribution in [-0.4, -0.2) is 44.1 Å². The van der Waals surface area contributed by atoms with Crippen LogP contribution in [0.4, 0.5) is 0 Å². The molecular formula is C19H24N4O4. The highest BCUT2D eigenvalue weighted by atomic mass is 16.5. The fourth-order valence-electron chi connectivity index (χ4n) is 2.86. The maximum absolute atomic E-state index is 12.5. The average Bonchev–Trinajstić information content (AvgIpc) is 3.34. The largest absolute Gasteiger partial charge is 0.491 e. The first kappa shape index (κ1) is 18.9. The molecule has 1 aromatic carbocycles. The summed E-state index contributed by atoms with van der Waals surface area (Å²) in [5.41, 5.74) is 1.41. The van der Waals surface area contributed by atoms with Crippen LogP contribution in [0.15, 0.2) is 24.3 Å². The van der Waals surface area contributed by atoms with E-state index < -0.39 is 17.9 Å². The van der Waals surface area contributed by atoms with Crippen LogP contribution in [0.25, 0.3) is 5.69 Å². The minimum absolute atomic E-state index is 0.0806. The first-order valence-electron chi connectivity index (χ1n) is 9.08. The van der Waals surface area contributed by atoms with E-state index in [4.69, 9.17) is 4.74 Å². The van der Waals surface area contributed by atoms with Gasteiger partial charge >= 0.3 is 5.97 Å². The van der Waals surface area contributed by atoms with Crippen LogP contribution in [-0.2, 0) is 4.79 Å². The molecule has 0 saturated heterocycles. The summed E-state index contributed by atoms with van der Waals surface area (Å²) >= 11 is 0. The van der Waals surface area contributed by atoms with Gasteiger partial charge in [-0.2, -0.15) is 0 Å². The standard InChI is InChI=1S/C19H24N4O4/c1-11(2)27-15-8-6-14(7-9-15)23-12(3)17(21-22-23)18(24)20-16(19(25)26)10-13-4-5-13/h6-9,11,13,16H,4-5,10H2,1-3H3,(H,20,24)(H,25,26). The molecule has 8 heteroatoms. The van der Waals surface area contributed by atoms with E-state index in [9.17, 15) is 14.7 Å². The number of carboxylic acids is 1. The van der Waals surface area contributed by atoms with Gasteiger partial charge in [-0.1, -0.05) is 18.1 Å². The minimum Gasteiger partial charge on any atom is -0.491 e. The number of aliphatic carboxylic acids is 1. The van der Waals surface area contributed by atoms with E-state index in [0.29, 0.717) is 18.0 Å². The number of nitrogens with zero attached hydrogens (tertiary/aromatic N) is 3. The van der Waals surface area contributed by atoms with Crippen molar-refractivity contribution in [3.63, 3.8) is 0 Å². The molecule has 2 aromatic rings. The summed E-state index contributed by atoms with van der Waals surface area (Å²) in [5.74, 6) is -0.420. The lowest BCUT2D eigenvalue weighted by molar-refractivity contribution is -0.139. The predicted molar refractivity (Wildman–Crippen MR) is 98.1 cm³/mol. The van der Waals surface area contributed by atoms with Gasteiger partial charge in [-0.3, -0.25) is 4.79 Å². The fraction of sp³-hybridized carbons (Fsp3) is 0.474. The summed E-state index contributed by atoms with van der Waals surface area (Å²) in [5, 5.41) is 19.9. The van der Waals surface area contributed by atoms with Crippen LogP contribution in [0, 0.1) is 12.8 Å². The Labute approximate surface area is 157 Å². The molecule has 8 nitrogen and oxygen atoms in total. The summed E-state index contributed by atoms with van der Waals surface area (Å²) < 4.78 is 7.16. The molecule has 2 N–H and O–H groups in total. The Bertz CT molecular complexity index is 825. The van der Waals surface area contributed by atoms with Gasteiger partial charge in [-0.05, 0) is 57.4 Å². The Hall–Kier alpha value is -2.90. The van der Waals surface area contributed by atoms with Crippen LogP contribution in [0.3, 0.4) is 0 Å². The van der Waals surface area contributed by atoms with Crippen LogP contribution in [0.1, 0.15) is 49.3 Å². The molecule has 1 amide bonds. The van der Waals surface area contributed by atoms with Crippen molar-refractivity contribution in [2.45, 2.75) is 52.2 Å². The van der Waals surface area contributed by atoms with Gasteiger partial charge < -0.3 is 15.2 Å². The molecule has 1 aromatic heterocycles. The molecule has 1 saturated carbocycles. The number of carboxylic acid groups (broad SMARTS) is 1. The molecule has 1 atom stereocenters. The van der Waals surface area contributed by atoms with E-state index in [1.54, 1.807) is 11.6 Å². The first-order chi connectivity index (χ1) is 12.8. The van der Waals surface area contributed by atoms with Crippen molar-refractivity contribution < 1.29 is 19.4 Å². The van der Waals surface area contributed by atoms with Crippen molar-refractivity contribution in [2.75, 3.05) is 0 Å². The second-order valence-corrected chi connectivity index (χ2v) is 7.14. The van der Waals surface area contributed by atoms with Crippen molar-refractivity contribution in [3.8, 4) is 11.4 Å². The molecule has 1 unspecified atom stereocenters. The van der Waals surface area contributed by atoms with E-state index in [1.807, 2.05) is 38.1 Å². The van der Waals surface area contributed by atoms with Crippen molar-refractivity contribution in [2.24, 2.45) is 5.92 Å². The molecule has 1 aliphatic carbocycles. The molecule has 1 fully saturated rings. The minimum atomic E-state index is -1.03. The van der Waals surface area contributed by atoms with E-state index in [2.05, 4.69) is 15.6 Å². The lowest BCUT2D eigenvalue weighted by Gasteiger charge is -2.13. The Morgan fingerprint density at radius 1 is 1.30 bits per heavy atom. The van der Waals surface area contributed by atoms with E-state index >= 15 is 0 Å². The van der Waals surface area contributed by atoms with Gasteiger partial charge in [0.25, 0.3) is 5.91 Å². The van der Waals surface area contributed by atoms with Crippen molar-refractivity contribution in [1.82, 2.24) is 20.3 Å². The predicted octanol–water partition coefficient (Wildman–Crippen LogP) is 2.35. The summed E-state index contributed by atoms with van der Waals surface area (Å²) in [6.45, 7) is 5.63. The maximum atomic E-state index is 12.5. The zero-order valence-corrected chi connectivity index (χ0v) is 15.7. The van der Waals surface area contributed by atoms with Crippen LogP contribution in [0.2, 0.25) is 0 Å². The molecule has 27 heavy (non-hydrogen) atoms. The van der Waals surface area contributed by atoms with E-state index in [-0.39, 0.29) is 11.8 Å². The summed E-state index contributed by atoms with van der Waals surface area (Å²) in [6.07, 6.45) is 2.57. The monoisotopic (exact) mass is 372 g/mol. The normalized spacial score (nSPS) is 14.8. The smallest absolute Gasteiger partial charge is 0.326 e. The Morgan fingerprint density at radius 2 is 1.96 bits per heavy atom. The average molecular weight is 372 g/mol. The quantitative estimate of drug-likeness (QED) is 0.737. The van der Waals surface area contributed by atoms with Crippen LogP contribution in [0.5, 0.6) is 5.75 Å². The first-order valence-corrected chi connectivity index (χ1v) is 9.08. The molecule has 0 aliphatic heterocycles. The molecule has 1 heterocycles. The number of carbonyl (C=O) groups excluding carboxylic acids is 1. The Kier molecular flexibility index (Phi) is 5.43. The van der Waals surface area contributed by atoms with Gasteiger partial charge in [-0.15, -0.1) is 5.10 Å². The van der Waals surface area contributed by atoms with Gasteiger partial charge in [0.1, 0.15) is 11.8 Å². The number of hydrogen-bond acceptors (Lipinski definition) is 5. The highest BCUT2D eigenvalue weighted by Crippen LogP contribution is 2.33. The molecule has 0 spiro atoms. The summed E-state index contributed by atoms with van der Waals surface area (Å²) in [6, 6.07) is 6.41. The third-order valence-corrected chi connectivity index (χ3v) is 4.43. The van der Waals surface area contributed by atoms with Crippen molar-refractivity contribution in [1.29, 1.82) is 0 Å². The van der Waals surface area contributed by atoms with Gasteiger partial charge in [0.05, 0.1) is 17.5 Å². The highest BCUT2D eigenvalue weighted by molar-refractivity contribution is 5.95. The van der Waals surface area contributed by atoms with Gasteiger partial charge in [0.2, 0.25) is 0 Å². The highest BCUT2D eigenvalue weighted by Gasteiger charge is 2.31. The fourth-order valence-corrected chi connectivity index (χ4v) is 2.86. The number of carbonyl (C=O) groups is 2. The van der Waals surface area contributed by atoms with Crippen LogP contribution >= 0.6 is 0 Å². The van der Waals surface area contributed by atoms with Crippen LogP contribution < -0.4 is 10.1 Å².